The SMILES string of the molecule is CCN(CCNC(C)C)C(=O)O/N=C(\C)[C@H]1CC[C@H]2[C@@H]3CC[C@@H]4C[C@@H](O)CC[C@]4(C)[C@H]3CC[C@]12C. The zero-order valence-corrected chi connectivity index (χ0v) is 23.2. The van der Waals surface area contributed by atoms with E-state index in [2.05, 4.69) is 45.1 Å². The normalized spacial score (nSPS) is 41.2. The van der Waals surface area contributed by atoms with Crippen LogP contribution in [0.3, 0.4) is 0 Å². The molecule has 0 aromatic carbocycles. The first kappa shape index (κ1) is 26.9. The first-order valence-corrected chi connectivity index (χ1v) is 14.5. The molecular weight excluding hydrogens is 438 g/mol. The van der Waals surface area contributed by atoms with E-state index < -0.39 is 0 Å². The number of nitrogens with zero attached hydrogens (tertiary/aromatic N) is 2. The van der Waals surface area contributed by atoms with Crippen LogP contribution in [0.15, 0.2) is 5.16 Å². The molecule has 4 saturated carbocycles. The first-order valence-electron chi connectivity index (χ1n) is 14.5. The van der Waals surface area contributed by atoms with Crippen molar-refractivity contribution < 1.29 is 14.7 Å². The van der Waals surface area contributed by atoms with Crippen LogP contribution < -0.4 is 5.32 Å². The Morgan fingerprint density at radius 2 is 1.80 bits per heavy atom. The average molecular weight is 490 g/mol. The van der Waals surface area contributed by atoms with Crippen molar-refractivity contribution in [2.45, 2.75) is 111 Å². The van der Waals surface area contributed by atoms with Gasteiger partial charge in [0, 0.05) is 31.6 Å². The van der Waals surface area contributed by atoms with Gasteiger partial charge in [-0.15, -0.1) is 0 Å². The van der Waals surface area contributed by atoms with Gasteiger partial charge in [0.2, 0.25) is 0 Å². The Bertz CT molecular complexity index is 785. The zero-order valence-electron chi connectivity index (χ0n) is 23.2. The number of aliphatic hydroxyl groups excluding tert-OH is 1. The molecule has 0 aromatic rings. The van der Waals surface area contributed by atoms with E-state index in [9.17, 15) is 9.90 Å². The van der Waals surface area contributed by atoms with E-state index in [4.69, 9.17) is 4.84 Å². The van der Waals surface area contributed by atoms with Gasteiger partial charge >= 0.3 is 6.09 Å². The molecular formula is C29H51N3O3. The van der Waals surface area contributed by atoms with Crippen LogP contribution in [-0.4, -0.2) is 53.6 Å². The number of hydrogen-bond donors (Lipinski definition) is 2. The summed E-state index contributed by atoms with van der Waals surface area (Å²) in [5.74, 6) is 3.45. The van der Waals surface area contributed by atoms with Gasteiger partial charge in [0.25, 0.3) is 0 Å². The maximum atomic E-state index is 12.7. The van der Waals surface area contributed by atoms with Crippen molar-refractivity contribution in [3.8, 4) is 0 Å². The zero-order chi connectivity index (χ0) is 25.4. The second kappa shape index (κ2) is 10.7. The van der Waals surface area contributed by atoms with Gasteiger partial charge in [0.15, 0.2) is 0 Å². The number of carbonyl (C=O) groups is 1. The van der Waals surface area contributed by atoms with Crippen molar-refractivity contribution in [2.24, 2.45) is 45.6 Å². The summed E-state index contributed by atoms with van der Waals surface area (Å²) in [6.45, 7) is 15.3. The van der Waals surface area contributed by atoms with E-state index in [-0.39, 0.29) is 17.6 Å². The van der Waals surface area contributed by atoms with Gasteiger partial charge in [-0.2, -0.15) is 0 Å². The lowest BCUT2D eigenvalue weighted by Gasteiger charge is -2.61. The highest BCUT2D eigenvalue weighted by Gasteiger charge is 2.60. The second-order valence-electron chi connectivity index (χ2n) is 13.0. The van der Waals surface area contributed by atoms with Gasteiger partial charge < -0.3 is 15.3 Å². The van der Waals surface area contributed by atoms with Gasteiger partial charge in [-0.3, -0.25) is 4.84 Å². The molecule has 0 heterocycles. The van der Waals surface area contributed by atoms with Crippen molar-refractivity contribution in [3.05, 3.63) is 0 Å². The molecule has 0 aliphatic heterocycles. The number of aliphatic hydroxyl groups is 1. The quantitative estimate of drug-likeness (QED) is 0.268. The summed E-state index contributed by atoms with van der Waals surface area (Å²) in [7, 11) is 0. The van der Waals surface area contributed by atoms with Crippen LogP contribution in [0, 0.1) is 40.4 Å². The van der Waals surface area contributed by atoms with Crippen LogP contribution in [0.4, 0.5) is 4.79 Å². The first-order chi connectivity index (χ1) is 16.6. The van der Waals surface area contributed by atoms with E-state index in [0.29, 0.717) is 36.4 Å². The predicted molar refractivity (Wildman–Crippen MR) is 141 cm³/mol. The number of hydrogen-bond acceptors (Lipinski definition) is 5. The van der Waals surface area contributed by atoms with E-state index in [0.717, 1.165) is 49.3 Å². The Labute approximate surface area is 213 Å². The summed E-state index contributed by atoms with van der Waals surface area (Å²) < 4.78 is 0. The van der Waals surface area contributed by atoms with Gasteiger partial charge in [0.1, 0.15) is 0 Å². The molecule has 4 aliphatic rings. The van der Waals surface area contributed by atoms with Crippen LogP contribution >= 0.6 is 0 Å². The topological polar surface area (TPSA) is 74.2 Å². The Morgan fingerprint density at radius 3 is 2.51 bits per heavy atom. The van der Waals surface area contributed by atoms with Crippen molar-refractivity contribution in [2.75, 3.05) is 19.6 Å². The van der Waals surface area contributed by atoms with Gasteiger partial charge in [0.05, 0.1) is 11.8 Å². The number of nitrogens with one attached hydrogen (secondary N) is 1. The van der Waals surface area contributed by atoms with E-state index in [1.807, 2.05) is 6.92 Å². The number of fused-ring (bicyclic) bond motifs is 5. The van der Waals surface area contributed by atoms with Crippen LogP contribution in [0.5, 0.6) is 0 Å². The minimum atomic E-state index is -0.341. The fraction of sp³-hybridized carbons (Fsp3) is 0.931. The summed E-state index contributed by atoms with van der Waals surface area (Å²) in [6, 6.07) is 0.401. The summed E-state index contributed by atoms with van der Waals surface area (Å²) in [5, 5.41) is 18.1. The maximum absolute atomic E-state index is 12.7. The van der Waals surface area contributed by atoms with Crippen molar-refractivity contribution in [1.82, 2.24) is 10.2 Å². The molecule has 8 atom stereocenters. The molecule has 0 aromatic heterocycles. The van der Waals surface area contributed by atoms with Crippen molar-refractivity contribution >= 4 is 11.8 Å². The molecule has 0 saturated heterocycles. The fourth-order valence-corrected chi connectivity index (χ4v) is 9.02. The standard InChI is InChI=1S/C29H51N3O3/c1-7-32(17-16-30-19(2)3)27(34)35-31-20(4)24-10-11-25-23-9-8-21-18-22(33)12-14-28(21,5)26(23)13-15-29(24,25)6/h19,21-26,30,33H,7-18H2,1-6H3/b31-20+/t21-,22+,23+,24-,25+,26+,28+,29-/m1/s1. The van der Waals surface area contributed by atoms with E-state index in [1.54, 1.807) is 4.90 Å². The molecule has 2 N–H and O–H groups in total. The number of rotatable bonds is 7. The maximum Gasteiger partial charge on any atom is 0.436 e. The molecule has 0 bridgehead atoms. The van der Waals surface area contributed by atoms with Gasteiger partial charge in [-0.1, -0.05) is 32.9 Å². The highest BCUT2D eigenvalue weighted by atomic mass is 16.7. The third kappa shape index (κ3) is 5.16. The lowest BCUT2D eigenvalue weighted by molar-refractivity contribution is -0.123. The Morgan fingerprint density at radius 1 is 1.09 bits per heavy atom. The summed E-state index contributed by atoms with van der Waals surface area (Å²) >= 11 is 0. The molecule has 1 amide bonds. The smallest absolute Gasteiger partial charge is 0.393 e. The fourth-order valence-electron chi connectivity index (χ4n) is 9.02. The van der Waals surface area contributed by atoms with Crippen LogP contribution in [-0.2, 0) is 4.84 Å². The monoisotopic (exact) mass is 489 g/mol. The summed E-state index contributed by atoms with van der Waals surface area (Å²) in [4.78, 5) is 19.9. The van der Waals surface area contributed by atoms with E-state index in [1.165, 1.54) is 38.5 Å². The Hall–Kier alpha value is -1.14. The predicted octanol–water partition coefficient (Wildman–Crippen LogP) is 5.84. The Kier molecular flexibility index (Phi) is 8.22. The largest absolute Gasteiger partial charge is 0.436 e. The molecule has 0 unspecified atom stereocenters. The second-order valence-corrected chi connectivity index (χ2v) is 13.0. The minimum Gasteiger partial charge on any atom is -0.393 e. The number of amides is 1. The van der Waals surface area contributed by atoms with Crippen molar-refractivity contribution in [1.29, 1.82) is 0 Å². The molecule has 35 heavy (non-hydrogen) atoms. The molecule has 200 valence electrons. The highest BCUT2D eigenvalue weighted by molar-refractivity contribution is 5.85. The lowest BCUT2D eigenvalue weighted by Crippen LogP contribution is -2.54. The number of carbonyl (C=O) groups excluding carboxylic acids is 1. The number of likely N-dealkylation sites (N-methyl/N-ethyl adjacent to an activating group) is 1. The van der Waals surface area contributed by atoms with Crippen LogP contribution in [0.2, 0.25) is 0 Å². The molecule has 4 fully saturated rings. The van der Waals surface area contributed by atoms with Crippen LogP contribution in [0.25, 0.3) is 0 Å². The number of oxime groups is 1. The molecule has 0 radical (unpaired) electrons. The van der Waals surface area contributed by atoms with E-state index >= 15 is 0 Å². The lowest BCUT2D eigenvalue weighted by atomic mass is 9.44. The van der Waals surface area contributed by atoms with Crippen LogP contribution in [0.1, 0.15) is 99.3 Å². The molecule has 4 aliphatic carbocycles. The highest BCUT2D eigenvalue weighted by Crippen LogP contribution is 2.67. The average Bonchev–Trinajstić information content (AvgIpc) is 3.17. The summed E-state index contributed by atoms with van der Waals surface area (Å²) in [6.07, 6.45) is 10.4. The van der Waals surface area contributed by atoms with Gasteiger partial charge in [-0.05, 0) is 106 Å². The Balaban J connectivity index is 1.40. The molecule has 6 nitrogen and oxygen atoms in total. The molecule has 0 spiro atoms. The third-order valence-corrected chi connectivity index (χ3v) is 11.0. The molecule has 4 rings (SSSR count). The summed E-state index contributed by atoms with van der Waals surface area (Å²) in [5.41, 5.74) is 1.66. The minimum absolute atomic E-state index is 0.0778. The van der Waals surface area contributed by atoms with Crippen molar-refractivity contribution in [3.63, 3.8) is 0 Å². The van der Waals surface area contributed by atoms with Gasteiger partial charge in [-0.25, -0.2) is 4.79 Å². The molecule has 6 heteroatoms. The third-order valence-electron chi connectivity index (χ3n) is 11.0.